The van der Waals surface area contributed by atoms with Crippen LogP contribution in [0.1, 0.15) is 0 Å². The fourth-order valence-electron chi connectivity index (χ4n) is 3.60. The van der Waals surface area contributed by atoms with Gasteiger partial charge in [0.1, 0.15) is 0 Å². The van der Waals surface area contributed by atoms with Crippen molar-refractivity contribution >= 4 is 12.6 Å². The maximum atomic E-state index is 9.60. The molecule has 7 heteroatoms. The van der Waals surface area contributed by atoms with Crippen molar-refractivity contribution in [3.63, 3.8) is 0 Å². The molecule has 0 saturated heterocycles. The Bertz CT molecular complexity index is 1400. The minimum Gasteiger partial charge on any atom is -0.423 e. The standard InChI is InChI=1S/C26H19BN4O2/c32-27(33)22-10-4-8-20(15-22)26-30-24(16-25(31-26)23-11-1-2-13-29-23)19-7-3-6-18(14-19)21-9-5-12-28-17-21/h1-17,32-33H. The molecule has 0 aliphatic heterocycles. The molecule has 0 spiro atoms. The summed E-state index contributed by atoms with van der Waals surface area (Å²) in [5, 5.41) is 19.2. The second kappa shape index (κ2) is 9.12. The van der Waals surface area contributed by atoms with E-state index in [-0.39, 0.29) is 0 Å². The van der Waals surface area contributed by atoms with Crippen molar-refractivity contribution in [2.24, 2.45) is 0 Å². The predicted molar refractivity (Wildman–Crippen MR) is 129 cm³/mol. The molecule has 0 fully saturated rings. The highest BCUT2D eigenvalue weighted by Crippen LogP contribution is 2.29. The molecule has 3 aromatic heterocycles. The number of rotatable bonds is 5. The third-order valence-electron chi connectivity index (χ3n) is 5.25. The molecule has 3 heterocycles. The molecule has 5 aromatic rings. The smallest absolute Gasteiger partial charge is 0.423 e. The molecular formula is C26H19BN4O2. The van der Waals surface area contributed by atoms with Crippen LogP contribution in [0.3, 0.4) is 0 Å². The second-order valence-electron chi connectivity index (χ2n) is 7.50. The van der Waals surface area contributed by atoms with Crippen LogP contribution in [0.15, 0.2) is 104 Å². The molecule has 2 N–H and O–H groups in total. The summed E-state index contributed by atoms with van der Waals surface area (Å²) < 4.78 is 0. The van der Waals surface area contributed by atoms with E-state index >= 15 is 0 Å². The van der Waals surface area contributed by atoms with Gasteiger partial charge in [0, 0.05) is 35.3 Å². The van der Waals surface area contributed by atoms with Crippen molar-refractivity contribution in [3.05, 3.63) is 104 Å². The summed E-state index contributed by atoms with van der Waals surface area (Å²) in [5.74, 6) is 0.474. The van der Waals surface area contributed by atoms with Gasteiger partial charge in [0.15, 0.2) is 5.82 Å². The molecule has 0 amide bonds. The Morgan fingerprint density at radius 3 is 2.15 bits per heavy atom. The van der Waals surface area contributed by atoms with Gasteiger partial charge in [0.05, 0.1) is 17.1 Å². The summed E-state index contributed by atoms with van der Waals surface area (Å²) in [4.78, 5) is 18.2. The first-order valence-electron chi connectivity index (χ1n) is 10.5. The van der Waals surface area contributed by atoms with Gasteiger partial charge in [-0.25, -0.2) is 9.97 Å². The zero-order valence-electron chi connectivity index (χ0n) is 17.6. The van der Waals surface area contributed by atoms with Gasteiger partial charge in [0.25, 0.3) is 0 Å². The summed E-state index contributed by atoms with van der Waals surface area (Å²) in [6, 6.07) is 26.5. The van der Waals surface area contributed by atoms with Gasteiger partial charge in [-0.15, -0.1) is 0 Å². The summed E-state index contributed by atoms with van der Waals surface area (Å²) in [7, 11) is -1.57. The number of nitrogens with zero attached hydrogens (tertiary/aromatic N) is 4. The molecule has 2 aromatic carbocycles. The lowest BCUT2D eigenvalue weighted by Gasteiger charge is -2.11. The molecule has 0 bridgehead atoms. The Hall–Kier alpha value is -4.20. The predicted octanol–water partition coefficient (Wildman–Crippen LogP) is 3.61. The zero-order chi connectivity index (χ0) is 22.6. The fourth-order valence-corrected chi connectivity index (χ4v) is 3.60. The highest BCUT2D eigenvalue weighted by molar-refractivity contribution is 6.58. The molecule has 0 aliphatic carbocycles. The highest BCUT2D eigenvalue weighted by atomic mass is 16.4. The highest BCUT2D eigenvalue weighted by Gasteiger charge is 2.15. The van der Waals surface area contributed by atoms with E-state index in [1.54, 1.807) is 30.6 Å². The van der Waals surface area contributed by atoms with Gasteiger partial charge in [0.2, 0.25) is 0 Å². The van der Waals surface area contributed by atoms with Crippen molar-refractivity contribution in [1.29, 1.82) is 0 Å². The SMILES string of the molecule is OB(O)c1cccc(-c2nc(-c3cccc(-c4cccnc4)c3)cc(-c3ccccn3)n2)c1. The number of aromatic nitrogens is 4. The van der Waals surface area contributed by atoms with Gasteiger partial charge in [-0.1, -0.05) is 54.6 Å². The normalized spacial score (nSPS) is 10.7. The minimum absolute atomic E-state index is 0.375. The number of hydrogen-bond acceptors (Lipinski definition) is 6. The van der Waals surface area contributed by atoms with Crippen LogP contribution in [0.2, 0.25) is 0 Å². The summed E-state index contributed by atoms with van der Waals surface area (Å²) >= 11 is 0. The van der Waals surface area contributed by atoms with Crippen LogP contribution in [0, 0.1) is 0 Å². The van der Waals surface area contributed by atoms with E-state index in [1.807, 2.05) is 66.9 Å². The quantitative estimate of drug-likeness (QED) is 0.414. The first kappa shape index (κ1) is 20.7. The van der Waals surface area contributed by atoms with E-state index in [2.05, 4.69) is 16.0 Å². The average Bonchev–Trinajstić information content (AvgIpc) is 2.89. The summed E-state index contributed by atoms with van der Waals surface area (Å²) in [6.07, 6.45) is 5.30. The lowest BCUT2D eigenvalue weighted by molar-refractivity contribution is 0.426. The van der Waals surface area contributed by atoms with Gasteiger partial charge >= 0.3 is 7.12 Å². The van der Waals surface area contributed by atoms with Crippen LogP contribution in [0.25, 0.3) is 45.2 Å². The van der Waals surface area contributed by atoms with Gasteiger partial charge in [-0.3, -0.25) is 9.97 Å². The number of benzene rings is 2. The van der Waals surface area contributed by atoms with Crippen LogP contribution in [0.5, 0.6) is 0 Å². The van der Waals surface area contributed by atoms with Crippen molar-refractivity contribution < 1.29 is 10.0 Å². The largest absolute Gasteiger partial charge is 0.488 e. The molecule has 0 radical (unpaired) electrons. The van der Waals surface area contributed by atoms with E-state index in [0.29, 0.717) is 22.5 Å². The maximum absolute atomic E-state index is 9.60. The van der Waals surface area contributed by atoms with Gasteiger partial charge < -0.3 is 10.0 Å². The van der Waals surface area contributed by atoms with Crippen molar-refractivity contribution in [1.82, 2.24) is 19.9 Å². The Morgan fingerprint density at radius 2 is 1.36 bits per heavy atom. The Kier molecular flexibility index (Phi) is 5.72. The molecule has 5 rings (SSSR count). The van der Waals surface area contributed by atoms with Crippen molar-refractivity contribution in [2.45, 2.75) is 0 Å². The topological polar surface area (TPSA) is 92.0 Å². The van der Waals surface area contributed by atoms with Crippen LogP contribution in [-0.2, 0) is 0 Å². The molecular weight excluding hydrogens is 411 g/mol. The second-order valence-corrected chi connectivity index (χ2v) is 7.50. The van der Waals surface area contributed by atoms with E-state index < -0.39 is 7.12 Å². The van der Waals surface area contributed by atoms with Crippen LogP contribution in [0.4, 0.5) is 0 Å². The summed E-state index contributed by atoms with van der Waals surface area (Å²) in [6.45, 7) is 0. The van der Waals surface area contributed by atoms with E-state index in [1.165, 1.54) is 0 Å². The maximum Gasteiger partial charge on any atom is 0.488 e. The lowest BCUT2D eigenvalue weighted by Crippen LogP contribution is -2.29. The fraction of sp³-hybridized carbons (Fsp3) is 0. The zero-order valence-corrected chi connectivity index (χ0v) is 17.6. The van der Waals surface area contributed by atoms with Crippen molar-refractivity contribution in [3.8, 4) is 45.2 Å². The Labute approximate surface area is 191 Å². The number of pyridine rings is 2. The van der Waals surface area contributed by atoms with Crippen LogP contribution < -0.4 is 5.46 Å². The van der Waals surface area contributed by atoms with Crippen molar-refractivity contribution in [2.75, 3.05) is 0 Å². The summed E-state index contributed by atoms with van der Waals surface area (Å²) in [5.41, 5.74) is 6.18. The number of hydrogen-bond donors (Lipinski definition) is 2. The Balaban J connectivity index is 1.67. The van der Waals surface area contributed by atoms with E-state index in [4.69, 9.17) is 9.97 Å². The van der Waals surface area contributed by atoms with Gasteiger partial charge in [-0.05, 0) is 41.4 Å². The molecule has 0 unspecified atom stereocenters. The van der Waals surface area contributed by atoms with Crippen LogP contribution >= 0.6 is 0 Å². The molecule has 33 heavy (non-hydrogen) atoms. The first-order valence-corrected chi connectivity index (χ1v) is 10.5. The molecule has 158 valence electrons. The molecule has 0 saturated carbocycles. The third kappa shape index (κ3) is 4.55. The van der Waals surface area contributed by atoms with E-state index in [9.17, 15) is 10.0 Å². The lowest BCUT2D eigenvalue weighted by atomic mass is 9.79. The molecule has 6 nitrogen and oxygen atoms in total. The van der Waals surface area contributed by atoms with Gasteiger partial charge in [-0.2, -0.15) is 0 Å². The molecule has 0 aliphatic rings. The van der Waals surface area contributed by atoms with Crippen LogP contribution in [-0.4, -0.2) is 37.1 Å². The third-order valence-corrected chi connectivity index (χ3v) is 5.25. The minimum atomic E-state index is -1.57. The Morgan fingerprint density at radius 1 is 0.576 bits per heavy atom. The first-order chi connectivity index (χ1) is 16.2. The van der Waals surface area contributed by atoms with E-state index in [0.717, 1.165) is 28.1 Å². The monoisotopic (exact) mass is 430 g/mol. The molecule has 0 atom stereocenters. The average molecular weight is 430 g/mol.